The summed E-state index contributed by atoms with van der Waals surface area (Å²) in [6.07, 6.45) is 0. The molecule has 1 aromatic carbocycles. The molecule has 1 aromatic heterocycles. The van der Waals surface area contributed by atoms with Crippen molar-refractivity contribution in [2.24, 2.45) is 0 Å². The summed E-state index contributed by atoms with van der Waals surface area (Å²) in [6.45, 7) is 0. The van der Waals surface area contributed by atoms with Gasteiger partial charge < -0.3 is 10.1 Å². The van der Waals surface area contributed by atoms with E-state index in [2.05, 4.69) is 4.98 Å². The van der Waals surface area contributed by atoms with Crippen LogP contribution in [0.4, 0.5) is 0 Å². The molecule has 0 radical (unpaired) electrons. The molecule has 1 heterocycles. The Kier molecular flexibility index (Phi) is 2.21. The normalized spacial score (nSPS) is 10.5. The molecule has 15 heavy (non-hydrogen) atoms. The van der Waals surface area contributed by atoms with Gasteiger partial charge in [-0.3, -0.25) is 4.79 Å². The Labute approximate surface area is 89.1 Å². The number of hydrogen-bond acceptors (Lipinski definition) is 2. The standard InChI is InChI=1S/C10H6ClNO3/c11-7-5-3-1-2-4-6(5)9(13)12-8(7)10(14)15/h1-4H,(H,12,13)(H,14,15). The molecule has 0 saturated carbocycles. The molecule has 0 fully saturated rings. The highest BCUT2D eigenvalue weighted by Gasteiger charge is 2.14. The van der Waals surface area contributed by atoms with Crippen molar-refractivity contribution in [1.29, 1.82) is 0 Å². The smallest absolute Gasteiger partial charge is 0.353 e. The molecular formula is C10H6ClNO3. The van der Waals surface area contributed by atoms with Gasteiger partial charge in [0.25, 0.3) is 5.56 Å². The molecule has 0 bridgehead atoms. The van der Waals surface area contributed by atoms with Gasteiger partial charge in [-0.1, -0.05) is 29.8 Å². The predicted molar refractivity (Wildman–Crippen MR) is 56.5 cm³/mol. The largest absolute Gasteiger partial charge is 0.477 e. The average Bonchev–Trinajstić information content (AvgIpc) is 2.23. The van der Waals surface area contributed by atoms with E-state index in [1.165, 1.54) is 0 Å². The number of nitrogens with one attached hydrogen (secondary N) is 1. The summed E-state index contributed by atoms with van der Waals surface area (Å²) >= 11 is 5.86. The van der Waals surface area contributed by atoms with Gasteiger partial charge in [-0.25, -0.2) is 4.79 Å². The van der Waals surface area contributed by atoms with Crippen LogP contribution in [0, 0.1) is 0 Å². The van der Waals surface area contributed by atoms with Gasteiger partial charge in [-0.2, -0.15) is 0 Å². The van der Waals surface area contributed by atoms with E-state index in [-0.39, 0.29) is 10.7 Å². The fourth-order valence-electron chi connectivity index (χ4n) is 1.39. The Hall–Kier alpha value is -1.81. The summed E-state index contributed by atoms with van der Waals surface area (Å²) in [4.78, 5) is 24.5. The van der Waals surface area contributed by atoms with Gasteiger partial charge in [0.15, 0.2) is 0 Å². The van der Waals surface area contributed by atoms with E-state index >= 15 is 0 Å². The number of carboxylic acid groups (broad SMARTS) is 1. The number of H-pyrrole nitrogens is 1. The SMILES string of the molecule is O=C(O)c1[nH]c(=O)c2ccccc2c1Cl. The molecule has 4 nitrogen and oxygen atoms in total. The molecule has 2 rings (SSSR count). The Morgan fingerprint density at radius 3 is 2.47 bits per heavy atom. The van der Waals surface area contributed by atoms with Crippen LogP contribution >= 0.6 is 11.6 Å². The van der Waals surface area contributed by atoms with Crippen molar-refractivity contribution in [3.8, 4) is 0 Å². The Balaban J connectivity index is 2.97. The first-order chi connectivity index (χ1) is 7.11. The van der Waals surface area contributed by atoms with Gasteiger partial charge in [0, 0.05) is 10.8 Å². The summed E-state index contributed by atoms with van der Waals surface area (Å²) < 4.78 is 0. The predicted octanol–water partition coefficient (Wildman–Crippen LogP) is 1.88. The molecule has 5 heteroatoms. The Morgan fingerprint density at radius 2 is 1.87 bits per heavy atom. The van der Waals surface area contributed by atoms with Crippen molar-refractivity contribution < 1.29 is 9.90 Å². The van der Waals surface area contributed by atoms with Crippen LogP contribution in [0.15, 0.2) is 29.1 Å². The first-order valence-corrected chi connectivity index (χ1v) is 4.53. The third-order valence-electron chi connectivity index (χ3n) is 2.08. The number of halogens is 1. The van der Waals surface area contributed by atoms with Crippen molar-refractivity contribution >= 4 is 28.3 Å². The summed E-state index contributed by atoms with van der Waals surface area (Å²) in [5, 5.41) is 9.68. The van der Waals surface area contributed by atoms with Crippen molar-refractivity contribution in [2.75, 3.05) is 0 Å². The van der Waals surface area contributed by atoms with E-state index in [0.717, 1.165) is 0 Å². The van der Waals surface area contributed by atoms with E-state index in [1.807, 2.05) is 0 Å². The molecular weight excluding hydrogens is 218 g/mol. The number of carbonyl (C=O) groups is 1. The average molecular weight is 224 g/mol. The molecule has 0 atom stereocenters. The third kappa shape index (κ3) is 1.49. The third-order valence-corrected chi connectivity index (χ3v) is 2.47. The minimum atomic E-state index is -1.25. The summed E-state index contributed by atoms with van der Waals surface area (Å²) in [5.74, 6) is -1.25. The van der Waals surface area contributed by atoms with Gasteiger partial charge in [-0.05, 0) is 6.07 Å². The topological polar surface area (TPSA) is 70.2 Å². The number of carboxylic acids is 1. The molecule has 0 aliphatic rings. The summed E-state index contributed by atoms with van der Waals surface area (Å²) in [5.41, 5.74) is -0.729. The number of fused-ring (bicyclic) bond motifs is 1. The Bertz CT molecular complexity index is 603. The first-order valence-electron chi connectivity index (χ1n) is 4.15. The van der Waals surface area contributed by atoms with Crippen LogP contribution in [0.5, 0.6) is 0 Å². The molecule has 0 aliphatic heterocycles. The summed E-state index contributed by atoms with van der Waals surface area (Å²) in [7, 11) is 0. The van der Waals surface area contributed by atoms with Gasteiger partial charge >= 0.3 is 5.97 Å². The molecule has 0 amide bonds. The fourth-order valence-corrected chi connectivity index (χ4v) is 1.68. The van der Waals surface area contributed by atoms with E-state index < -0.39 is 11.5 Å². The maximum atomic E-state index is 11.5. The van der Waals surface area contributed by atoms with E-state index in [4.69, 9.17) is 16.7 Å². The quantitative estimate of drug-likeness (QED) is 0.776. The highest BCUT2D eigenvalue weighted by atomic mass is 35.5. The minimum absolute atomic E-state index is 0.0534. The van der Waals surface area contributed by atoms with Crippen LogP contribution in [0.25, 0.3) is 10.8 Å². The maximum Gasteiger partial charge on any atom is 0.353 e. The second kappa shape index (κ2) is 3.40. The van der Waals surface area contributed by atoms with Crippen LogP contribution in [0.3, 0.4) is 0 Å². The van der Waals surface area contributed by atoms with Gasteiger partial charge in [0.1, 0.15) is 5.69 Å². The second-order valence-electron chi connectivity index (χ2n) is 2.99. The van der Waals surface area contributed by atoms with E-state index in [1.54, 1.807) is 24.3 Å². The summed E-state index contributed by atoms with van der Waals surface area (Å²) in [6, 6.07) is 6.58. The van der Waals surface area contributed by atoms with Crippen LogP contribution in [0.2, 0.25) is 5.02 Å². The van der Waals surface area contributed by atoms with Crippen LogP contribution in [0.1, 0.15) is 10.5 Å². The van der Waals surface area contributed by atoms with E-state index in [0.29, 0.717) is 10.8 Å². The number of benzene rings is 1. The van der Waals surface area contributed by atoms with Crippen molar-refractivity contribution in [3.05, 3.63) is 45.3 Å². The van der Waals surface area contributed by atoms with Crippen LogP contribution in [-0.4, -0.2) is 16.1 Å². The number of pyridine rings is 1. The van der Waals surface area contributed by atoms with Gasteiger partial charge in [-0.15, -0.1) is 0 Å². The Morgan fingerprint density at radius 1 is 1.27 bits per heavy atom. The number of rotatable bonds is 1. The number of hydrogen-bond donors (Lipinski definition) is 2. The molecule has 2 aromatic rings. The maximum absolute atomic E-state index is 11.5. The molecule has 0 unspecified atom stereocenters. The minimum Gasteiger partial charge on any atom is -0.477 e. The lowest BCUT2D eigenvalue weighted by molar-refractivity contribution is 0.0690. The fraction of sp³-hybridized carbons (Fsp3) is 0. The van der Waals surface area contributed by atoms with Crippen molar-refractivity contribution in [2.45, 2.75) is 0 Å². The zero-order valence-electron chi connectivity index (χ0n) is 7.45. The molecule has 76 valence electrons. The van der Waals surface area contributed by atoms with E-state index in [9.17, 15) is 9.59 Å². The molecule has 0 saturated heterocycles. The lowest BCUT2D eigenvalue weighted by atomic mass is 10.1. The van der Waals surface area contributed by atoms with Crippen LogP contribution in [-0.2, 0) is 0 Å². The van der Waals surface area contributed by atoms with Crippen molar-refractivity contribution in [3.63, 3.8) is 0 Å². The number of aromatic carboxylic acids is 1. The number of aromatic amines is 1. The lowest BCUT2D eigenvalue weighted by Gasteiger charge is -2.02. The zero-order chi connectivity index (χ0) is 11.0. The highest BCUT2D eigenvalue weighted by molar-refractivity contribution is 6.37. The second-order valence-corrected chi connectivity index (χ2v) is 3.37. The van der Waals surface area contributed by atoms with Gasteiger partial charge in [0.2, 0.25) is 0 Å². The van der Waals surface area contributed by atoms with Crippen molar-refractivity contribution in [1.82, 2.24) is 4.98 Å². The highest BCUT2D eigenvalue weighted by Crippen LogP contribution is 2.22. The number of aromatic nitrogens is 1. The molecule has 0 spiro atoms. The van der Waals surface area contributed by atoms with Crippen LogP contribution < -0.4 is 5.56 Å². The molecule has 0 aliphatic carbocycles. The lowest BCUT2D eigenvalue weighted by Crippen LogP contribution is -2.13. The first kappa shape index (κ1) is 9.73. The monoisotopic (exact) mass is 223 g/mol. The van der Waals surface area contributed by atoms with Gasteiger partial charge in [0.05, 0.1) is 5.02 Å². The molecule has 2 N–H and O–H groups in total. The zero-order valence-corrected chi connectivity index (χ0v) is 8.21.